The van der Waals surface area contributed by atoms with Crippen LogP contribution in [0.3, 0.4) is 0 Å². The van der Waals surface area contributed by atoms with Gasteiger partial charge >= 0.3 is 0 Å². The highest BCUT2D eigenvalue weighted by molar-refractivity contribution is 5.98. The van der Waals surface area contributed by atoms with E-state index in [0.29, 0.717) is 11.1 Å². The van der Waals surface area contributed by atoms with Crippen LogP contribution in [0.1, 0.15) is 11.1 Å². The van der Waals surface area contributed by atoms with Crippen molar-refractivity contribution < 1.29 is 4.39 Å². The van der Waals surface area contributed by atoms with Gasteiger partial charge in [0.25, 0.3) is 0 Å². The number of hydrazone groups is 1. The van der Waals surface area contributed by atoms with Crippen LogP contribution in [0.2, 0.25) is 0 Å². The Kier molecular flexibility index (Phi) is 3.08. The van der Waals surface area contributed by atoms with Crippen LogP contribution in [0.15, 0.2) is 34.5 Å². The monoisotopic (exact) mass is 180 g/mol. The minimum absolute atomic E-state index is 0.130. The molecule has 0 atom stereocenters. The quantitative estimate of drug-likeness (QED) is 0.235. The first kappa shape index (κ1) is 9.31. The third-order valence-corrected chi connectivity index (χ3v) is 1.59. The molecule has 13 heavy (non-hydrogen) atoms. The first-order valence-electron chi connectivity index (χ1n) is 3.62. The number of hydrogen-bond donors (Lipinski definition) is 2. The van der Waals surface area contributed by atoms with Crippen molar-refractivity contribution in [1.82, 2.24) is 0 Å². The van der Waals surface area contributed by atoms with Gasteiger partial charge in [0.15, 0.2) is 5.84 Å². The fourth-order valence-electron chi connectivity index (χ4n) is 0.911. The maximum absolute atomic E-state index is 12.1. The first-order valence-corrected chi connectivity index (χ1v) is 3.62. The SMILES string of the molecule is N=N/C(=N\N)c1ccc(CF)cc1. The molecule has 0 amide bonds. The number of nitrogens with two attached hydrogens (primary N) is 1. The molecule has 0 aromatic heterocycles. The molecule has 1 rings (SSSR count). The number of alkyl halides is 1. The third-order valence-electron chi connectivity index (χ3n) is 1.59. The summed E-state index contributed by atoms with van der Waals surface area (Å²) < 4.78 is 12.1. The highest BCUT2D eigenvalue weighted by Gasteiger charge is 2.00. The summed E-state index contributed by atoms with van der Waals surface area (Å²) in [6.07, 6.45) is 0. The smallest absolute Gasteiger partial charge is 0.199 e. The van der Waals surface area contributed by atoms with Crippen LogP contribution in [0, 0.1) is 5.53 Å². The fraction of sp³-hybridized carbons (Fsp3) is 0.125. The summed E-state index contributed by atoms with van der Waals surface area (Å²) in [5.74, 6) is 5.12. The van der Waals surface area contributed by atoms with Crippen LogP contribution in [0.5, 0.6) is 0 Å². The second-order valence-electron chi connectivity index (χ2n) is 2.40. The molecule has 3 N–H and O–H groups in total. The number of amidine groups is 1. The Labute approximate surface area is 74.8 Å². The van der Waals surface area contributed by atoms with Crippen LogP contribution in [-0.4, -0.2) is 5.84 Å². The van der Waals surface area contributed by atoms with E-state index in [-0.39, 0.29) is 5.84 Å². The average molecular weight is 180 g/mol. The lowest BCUT2D eigenvalue weighted by Crippen LogP contribution is -1.99. The normalized spacial score (nSPS) is 11.3. The summed E-state index contributed by atoms with van der Waals surface area (Å²) in [7, 11) is 0. The van der Waals surface area contributed by atoms with E-state index in [9.17, 15) is 4.39 Å². The van der Waals surface area contributed by atoms with Gasteiger partial charge in [-0.1, -0.05) is 24.3 Å². The molecule has 68 valence electrons. The third kappa shape index (κ3) is 2.08. The highest BCUT2D eigenvalue weighted by atomic mass is 19.1. The van der Waals surface area contributed by atoms with Crippen molar-refractivity contribution in [2.45, 2.75) is 6.67 Å². The van der Waals surface area contributed by atoms with Gasteiger partial charge in [0.2, 0.25) is 0 Å². The number of hydrogen-bond acceptors (Lipinski definition) is 3. The highest BCUT2D eigenvalue weighted by Crippen LogP contribution is 2.07. The van der Waals surface area contributed by atoms with E-state index >= 15 is 0 Å². The van der Waals surface area contributed by atoms with E-state index in [4.69, 9.17) is 11.4 Å². The van der Waals surface area contributed by atoms with Crippen LogP contribution in [0.4, 0.5) is 4.39 Å². The van der Waals surface area contributed by atoms with Crippen molar-refractivity contribution >= 4 is 5.84 Å². The number of benzene rings is 1. The van der Waals surface area contributed by atoms with Gasteiger partial charge in [-0.25, -0.2) is 9.92 Å². The molecule has 0 aliphatic rings. The topological polar surface area (TPSA) is 74.6 Å². The fourth-order valence-corrected chi connectivity index (χ4v) is 0.911. The maximum Gasteiger partial charge on any atom is 0.199 e. The van der Waals surface area contributed by atoms with Crippen molar-refractivity contribution in [2.75, 3.05) is 0 Å². The van der Waals surface area contributed by atoms with E-state index in [1.807, 2.05) is 0 Å². The second kappa shape index (κ2) is 4.30. The lowest BCUT2D eigenvalue weighted by Gasteiger charge is -1.98. The van der Waals surface area contributed by atoms with Crippen LogP contribution >= 0.6 is 0 Å². The molecule has 1 aromatic carbocycles. The van der Waals surface area contributed by atoms with Crippen LogP contribution in [-0.2, 0) is 6.67 Å². The number of nitrogens with zero attached hydrogens (tertiary/aromatic N) is 2. The van der Waals surface area contributed by atoms with Gasteiger partial charge in [-0.2, -0.15) is 5.10 Å². The summed E-state index contributed by atoms with van der Waals surface area (Å²) in [5, 5.41) is 6.41. The van der Waals surface area contributed by atoms with E-state index in [1.165, 1.54) is 0 Å². The van der Waals surface area contributed by atoms with Gasteiger partial charge in [-0.15, -0.1) is 5.11 Å². The van der Waals surface area contributed by atoms with Gasteiger partial charge in [0.1, 0.15) is 6.67 Å². The zero-order valence-electron chi connectivity index (χ0n) is 6.87. The Balaban J connectivity index is 2.97. The predicted molar refractivity (Wildman–Crippen MR) is 47.1 cm³/mol. The van der Waals surface area contributed by atoms with Crippen molar-refractivity contribution in [3.05, 3.63) is 35.4 Å². The number of rotatable bonds is 2. The molecule has 5 heteroatoms. The van der Waals surface area contributed by atoms with Crippen molar-refractivity contribution in [1.29, 1.82) is 5.53 Å². The van der Waals surface area contributed by atoms with Crippen molar-refractivity contribution in [3.8, 4) is 0 Å². The van der Waals surface area contributed by atoms with E-state index in [2.05, 4.69) is 10.2 Å². The molecule has 1 aromatic rings. The standard InChI is InChI=1S/C8H9FN4/c9-5-6-1-3-7(4-2-6)8(12-10)13-11/h1-4,10H,5,11H2/b12-10?,13-8-. The Morgan fingerprint density at radius 2 is 2.00 bits per heavy atom. The van der Waals surface area contributed by atoms with E-state index in [1.54, 1.807) is 24.3 Å². The molecule has 0 unspecified atom stereocenters. The molecule has 0 radical (unpaired) electrons. The van der Waals surface area contributed by atoms with Crippen LogP contribution in [0.25, 0.3) is 0 Å². The summed E-state index contributed by atoms with van der Waals surface area (Å²) in [6.45, 7) is -0.507. The molecule has 0 aliphatic heterocycles. The van der Waals surface area contributed by atoms with Gasteiger partial charge in [0, 0.05) is 5.56 Å². The zero-order valence-corrected chi connectivity index (χ0v) is 6.87. The molecule has 0 bridgehead atoms. The van der Waals surface area contributed by atoms with E-state index in [0.717, 1.165) is 0 Å². The van der Waals surface area contributed by atoms with Gasteiger partial charge in [-0.05, 0) is 5.56 Å². The summed E-state index contributed by atoms with van der Waals surface area (Å²) in [6, 6.07) is 6.45. The Morgan fingerprint density at radius 3 is 2.38 bits per heavy atom. The molecule has 0 spiro atoms. The molecule has 0 heterocycles. The molecule has 0 aliphatic carbocycles. The lowest BCUT2D eigenvalue weighted by molar-refractivity contribution is 0.485. The van der Waals surface area contributed by atoms with Gasteiger partial charge < -0.3 is 5.84 Å². The van der Waals surface area contributed by atoms with Gasteiger partial charge in [-0.3, -0.25) is 0 Å². The summed E-state index contributed by atoms with van der Waals surface area (Å²) >= 11 is 0. The average Bonchev–Trinajstić information content (AvgIpc) is 2.21. The van der Waals surface area contributed by atoms with Crippen LogP contribution < -0.4 is 5.84 Å². The predicted octanol–water partition coefficient (Wildman–Crippen LogP) is 1.81. The molecule has 0 saturated heterocycles. The Hall–Kier alpha value is -1.78. The minimum atomic E-state index is -0.507. The zero-order chi connectivity index (χ0) is 9.68. The lowest BCUT2D eigenvalue weighted by atomic mass is 10.1. The maximum atomic E-state index is 12.1. The molecule has 0 saturated carbocycles. The second-order valence-corrected chi connectivity index (χ2v) is 2.40. The van der Waals surface area contributed by atoms with E-state index < -0.39 is 6.67 Å². The Bertz CT molecular complexity index is 317. The molecular formula is C8H9FN4. The first-order chi connectivity index (χ1) is 6.31. The minimum Gasteiger partial charge on any atom is -0.321 e. The van der Waals surface area contributed by atoms with Gasteiger partial charge in [0.05, 0.1) is 0 Å². The number of halogens is 1. The van der Waals surface area contributed by atoms with Crippen molar-refractivity contribution in [3.63, 3.8) is 0 Å². The van der Waals surface area contributed by atoms with Crippen molar-refractivity contribution in [2.24, 2.45) is 16.1 Å². The summed E-state index contributed by atoms with van der Waals surface area (Å²) in [4.78, 5) is 0. The number of nitrogens with one attached hydrogen (secondary N) is 1. The molecular weight excluding hydrogens is 171 g/mol. The molecule has 4 nitrogen and oxygen atoms in total. The summed E-state index contributed by atoms with van der Waals surface area (Å²) in [5.41, 5.74) is 7.92. The molecule has 0 fully saturated rings. The Morgan fingerprint density at radius 1 is 1.38 bits per heavy atom. The largest absolute Gasteiger partial charge is 0.321 e.